The third-order valence-electron chi connectivity index (χ3n) is 4.97. The number of carbonyl (C=O) groups excluding carboxylic acids is 2. The van der Waals surface area contributed by atoms with Gasteiger partial charge in [0.25, 0.3) is 11.5 Å². The summed E-state index contributed by atoms with van der Waals surface area (Å²) in [7, 11) is 1.55. The SMILES string of the molecule is CCN(CC(=O)Nc1cccc(OC)c1)C(=O)c1nn(CC(C)C)c(=O)c2ccccc12. The van der Waals surface area contributed by atoms with Crippen LogP contribution in [0.4, 0.5) is 5.69 Å². The molecule has 0 radical (unpaired) electrons. The standard InChI is InChI=1S/C24H28N4O4/c1-5-27(15-21(29)25-17-9-8-10-18(13-17)32-4)24(31)22-19-11-6-7-12-20(19)23(30)28(26-22)14-16(2)3/h6-13,16H,5,14-15H2,1-4H3,(H,25,29). The van der Waals surface area contributed by atoms with Crippen molar-refractivity contribution in [2.45, 2.75) is 27.3 Å². The van der Waals surface area contributed by atoms with Crippen LogP contribution in [0.3, 0.4) is 0 Å². The van der Waals surface area contributed by atoms with Gasteiger partial charge in [-0.15, -0.1) is 0 Å². The summed E-state index contributed by atoms with van der Waals surface area (Å²) >= 11 is 0. The molecule has 1 aromatic heterocycles. The van der Waals surface area contributed by atoms with Crippen LogP contribution in [0.1, 0.15) is 31.3 Å². The van der Waals surface area contributed by atoms with E-state index < -0.39 is 5.91 Å². The predicted molar refractivity (Wildman–Crippen MR) is 124 cm³/mol. The van der Waals surface area contributed by atoms with Gasteiger partial charge in [-0.2, -0.15) is 5.10 Å². The minimum Gasteiger partial charge on any atom is -0.497 e. The third-order valence-corrected chi connectivity index (χ3v) is 4.97. The Hall–Kier alpha value is -3.68. The minimum absolute atomic E-state index is 0.147. The van der Waals surface area contributed by atoms with Crippen LogP contribution in [0.25, 0.3) is 10.8 Å². The first-order chi connectivity index (χ1) is 15.3. The number of benzene rings is 2. The summed E-state index contributed by atoms with van der Waals surface area (Å²) < 4.78 is 6.51. The number of nitrogens with zero attached hydrogens (tertiary/aromatic N) is 3. The van der Waals surface area contributed by atoms with Crippen LogP contribution < -0.4 is 15.6 Å². The molecule has 0 aliphatic rings. The number of fused-ring (bicyclic) bond motifs is 1. The van der Waals surface area contributed by atoms with E-state index in [2.05, 4.69) is 10.4 Å². The number of aromatic nitrogens is 2. The van der Waals surface area contributed by atoms with E-state index >= 15 is 0 Å². The van der Waals surface area contributed by atoms with E-state index in [1.54, 1.807) is 62.6 Å². The van der Waals surface area contributed by atoms with Gasteiger partial charge in [0.1, 0.15) is 12.3 Å². The lowest BCUT2D eigenvalue weighted by Crippen LogP contribution is -2.39. The molecule has 0 aliphatic heterocycles. The smallest absolute Gasteiger partial charge is 0.275 e. The zero-order valence-corrected chi connectivity index (χ0v) is 18.8. The number of amides is 2. The first-order valence-electron chi connectivity index (χ1n) is 10.6. The van der Waals surface area contributed by atoms with Gasteiger partial charge >= 0.3 is 0 Å². The first kappa shape index (κ1) is 23.0. The largest absolute Gasteiger partial charge is 0.497 e. The highest BCUT2D eigenvalue weighted by atomic mass is 16.5. The van der Waals surface area contributed by atoms with Crippen LogP contribution in [0.2, 0.25) is 0 Å². The lowest BCUT2D eigenvalue weighted by molar-refractivity contribution is -0.116. The van der Waals surface area contributed by atoms with Crippen molar-refractivity contribution in [3.63, 3.8) is 0 Å². The van der Waals surface area contributed by atoms with Crippen molar-refractivity contribution in [1.29, 1.82) is 0 Å². The summed E-state index contributed by atoms with van der Waals surface area (Å²) in [5, 5.41) is 8.09. The molecule has 2 amide bonds. The van der Waals surface area contributed by atoms with Crippen molar-refractivity contribution < 1.29 is 14.3 Å². The Morgan fingerprint density at radius 3 is 2.50 bits per heavy atom. The van der Waals surface area contributed by atoms with Gasteiger partial charge in [0, 0.05) is 30.2 Å². The number of nitrogens with one attached hydrogen (secondary N) is 1. The van der Waals surface area contributed by atoms with Crippen LogP contribution in [0.5, 0.6) is 5.75 Å². The number of methoxy groups -OCH3 is 1. The molecule has 0 bridgehead atoms. The molecular weight excluding hydrogens is 408 g/mol. The molecule has 1 N–H and O–H groups in total. The van der Waals surface area contributed by atoms with E-state index in [1.165, 1.54) is 9.58 Å². The number of carbonyl (C=O) groups is 2. The highest BCUT2D eigenvalue weighted by Gasteiger charge is 2.23. The van der Waals surface area contributed by atoms with Gasteiger partial charge in [0.2, 0.25) is 5.91 Å². The third kappa shape index (κ3) is 5.14. The molecule has 0 atom stereocenters. The molecule has 32 heavy (non-hydrogen) atoms. The Balaban J connectivity index is 1.89. The average Bonchev–Trinajstić information content (AvgIpc) is 2.78. The second-order valence-corrected chi connectivity index (χ2v) is 7.87. The van der Waals surface area contributed by atoms with Crippen molar-refractivity contribution in [2.75, 3.05) is 25.5 Å². The van der Waals surface area contributed by atoms with E-state index in [0.717, 1.165) is 0 Å². The van der Waals surface area contributed by atoms with Gasteiger partial charge in [0.15, 0.2) is 5.69 Å². The number of hydrogen-bond donors (Lipinski definition) is 1. The Bertz CT molecular complexity index is 1190. The lowest BCUT2D eigenvalue weighted by atomic mass is 10.1. The van der Waals surface area contributed by atoms with E-state index in [0.29, 0.717) is 35.3 Å². The fourth-order valence-corrected chi connectivity index (χ4v) is 3.41. The molecule has 8 nitrogen and oxygen atoms in total. The molecule has 0 saturated carbocycles. The molecule has 8 heteroatoms. The maximum absolute atomic E-state index is 13.4. The van der Waals surface area contributed by atoms with Gasteiger partial charge in [0.05, 0.1) is 12.5 Å². The Morgan fingerprint density at radius 2 is 1.84 bits per heavy atom. The Labute approximate surface area is 186 Å². The quantitative estimate of drug-likeness (QED) is 0.585. The Morgan fingerprint density at radius 1 is 1.12 bits per heavy atom. The fraction of sp³-hybridized carbons (Fsp3) is 0.333. The van der Waals surface area contributed by atoms with Gasteiger partial charge < -0.3 is 15.0 Å². The van der Waals surface area contributed by atoms with Crippen molar-refractivity contribution in [2.24, 2.45) is 5.92 Å². The van der Waals surface area contributed by atoms with Crippen LogP contribution >= 0.6 is 0 Å². The number of anilines is 1. The predicted octanol–water partition coefficient (Wildman–Crippen LogP) is 3.16. The molecule has 0 saturated heterocycles. The summed E-state index contributed by atoms with van der Waals surface area (Å²) in [5.41, 5.74) is 0.508. The van der Waals surface area contributed by atoms with Crippen molar-refractivity contribution in [3.05, 3.63) is 64.6 Å². The average molecular weight is 437 g/mol. The van der Waals surface area contributed by atoms with E-state index in [-0.39, 0.29) is 29.6 Å². The summed E-state index contributed by atoms with van der Waals surface area (Å²) in [4.78, 5) is 40.2. The van der Waals surface area contributed by atoms with Crippen molar-refractivity contribution in [1.82, 2.24) is 14.7 Å². The fourth-order valence-electron chi connectivity index (χ4n) is 3.41. The van der Waals surface area contributed by atoms with E-state index in [4.69, 9.17) is 4.74 Å². The van der Waals surface area contributed by atoms with E-state index in [9.17, 15) is 14.4 Å². The van der Waals surface area contributed by atoms with Crippen molar-refractivity contribution >= 4 is 28.3 Å². The second-order valence-electron chi connectivity index (χ2n) is 7.87. The first-order valence-corrected chi connectivity index (χ1v) is 10.6. The summed E-state index contributed by atoms with van der Waals surface area (Å²) in [6, 6.07) is 13.9. The zero-order valence-electron chi connectivity index (χ0n) is 18.8. The molecule has 168 valence electrons. The molecule has 3 aromatic rings. The minimum atomic E-state index is -0.401. The summed E-state index contributed by atoms with van der Waals surface area (Å²) in [5.74, 6) is 0.0600. The van der Waals surface area contributed by atoms with Gasteiger partial charge in [-0.3, -0.25) is 14.4 Å². The summed E-state index contributed by atoms with van der Waals surface area (Å²) in [6.45, 7) is 6.31. The van der Waals surface area contributed by atoms with Gasteiger partial charge in [-0.25, -0.2) is 4.68 Å². The van der Waals surface area contributed by atoms with Crippen LogP contribution in [0.15, 0.2) is 53.3 Å². The van der Waals surface area contributed by atoms with E-state index in [1.807, 2.05) is 13.8 Å². The second kappa shape index (κ2) is 10.1. The molecule has 3 rings (SSSR count). The summed E-state index contributed by atoms with van der Waals surface area (Å²) in [6.07, 6.45) is 0. The van der Waals surface area contributed by atoms with Crippen LogP contribution in [0, 0.1) is 5.92 Å². The maximum atomic E-state index is 13.4. The Kier molecular flexibility index (Phi) is 7.25. The molecule has 0 aliphatic carbocycles. The normalized spacial score (nSPS) is 10.9. The number of hydrogen-bond acceptors (Lipinski definition) is 5. The van der Waals surface area contributed by atoms with Crippen LogP contribution in [-0.4, -0.2) is 46.7 Å². The van der Waals surface area contributed by atoms with Gasteiger partial charge in [-0.1, -0.05) is 38.1 Å². The molecule has 0 spiro atoms. The molecule has 0 fully saturated rings. The maximum Gasteiger partial charge on any atom is 0.275 e. The lowest BCUT2D eigenvalue weighted by Gasteiger charge is -2.21. The highest BCUT2D eigenvalue weighted by molar-refractivity contribution is 6.06. The topological polar surface area (TPSA) is 93.5 Å². The van der Waals surface area contributed by atoms with Crippen molar-refractivity contribution in [3.8, 4) is 5.75 Å². The number of ether oxygens (including phenoxy) is 1. The highest BCUT2D eigenvalue weighted by Crippen LogP contribution is 2.18. The zero-order chi connectivity index (χ0) is 23.3. The number of rotatable bonds is 8. The van der Waals surface area contributed by atoms with Gasteiger partial charge in [-0.05, 0) is 31.0 Å². The molecule has 2 aromatic carbocycles. The van der Waals surface area contributed by atoms with Crippen LogP contribution in [-0.2, 0) is 11.3 Å². The molecule has 1 heterocycles. The number of likely N-dealkylation sites (N-methyl/N-ethyl adjacent to an activating group) is 1. The molecule has 0 unspecified atom stereocenters. The molecular formula is C24H28N4O4. The monoisotopic (exact) mass is 436 g/mol.